The highest BCUT2D eigenvalue weighted by Gasteiger charge is 2.42. The minimum absolute atomic E-state index is 0.0419. The number of benzene rings is 2. The van der Waals surface area contributed by atoms with Gasteiger partial charge in [0.05, 0.1) is 5.39 Å². The van der Waals surface area contributed by atoms with Crippen molar-refractivity contribution < 1.29 is 24.5 Å². The van der Waals surface area contributed by atoms with Crippen LogP contribution in [-0.2, 0) is 11.8 Å². The van der Waals surface area contributed by atoms with Gasteiger partial charge in [0.25, 0.3) is 0 Å². The van der Waals surface area contributed by atoms with Crippen molar-refractivity contribution in [1.29, 1.82) is 0 Å². The Balaban J connectivity index is 2.13. The molecule has 2 heterocycles. The van der Waals surface area contributed by atoms with Crippen LogP contribution < -0.4 is 10.2 Å². The number of ether oxygens (including phenoxy) is 1. The summed E-state index contributed by atoms with van der Waals surface area (Å²) in [4.78, 5) is 13.3. The minimum Gasteiger partial charge on any atom is -0.507 e. The molecular weight excluding hydrogens is 372 g/mol. The van der Waals surface area contributed by atoms with Crippen LogP contribution in [0.5, 0.6) is 23.0 Å². The van der Waals surface area contributed by atoms with Gasteiger partial charge in [0.15, 0.2) is 11.5 Å². The Hall–Kier alpha value is -3.15. The molecule has 0 amide bonds. The number of phenols is 3. The molecule has 0 spiro atoms. The van der Waals surface area contributed by atoms with Gasteiger partial charge in [0.2, 0.25) is 5.43 Å². The lowest BCUT2D eigenvalue weighted by molar-refractivity contribution is 0.185. The average molecular weight is 396 g/mol. The van der Waals surface area contributed by atoms with E-state index in [0.29, 0.717) is 16.9 Å². The zero-order chi connectivity index (χ0) is 21.2. The van der Waals surface area contributed by atoms with Gasteiger partial charge in [-0.25, -0.2) is 0 Å². The molecule has 3 aromatic rings. The monoisotopic (exact) mass is 396 g/mol. The van der Waals surface area contributed by atoms with E-state index in [1.54, 1.807) is 6.07 Å². The van der Waals surface area contributed by atoms with E-state index >= 15 is 0 Å². The van der Waals surface area contributed by atoms with Crippen molar-refractivity contribution >= 4 is 21.9 Å². The summed E-state index contributed by atoms with van der Waals surface area (Å²) in [7, 11) is 0. The zero-order valence-corrected chi connectivity index (χ0v) is 17.1. The van der Waals surface area contributed by atoms with E-state index in [1.165, 1.54) is 6.07 Å². The summed E-state index contributed by atoms with van der Waals surface area (Å²) in [5, 5.41) is 31.7. The van der Waals surface area contributed by atoms with E-state index in [0.717, 1.165) is 5.57 Å². The van der Waals surface area contributed by atoms with Crippen molar-refractivity contribution in [3.05, 3.63) is 45.1 Å². The molecule has 1 aliphatic rings. The fourth-order valence-electron chi connectivity index (χ4n) is 3.90. The van der Waals surface area contributed by atoms with Gasteiger partial charge in [-0.05, 0) is 33.3 Å². The summed E-state index contributed by atoms with van der Waals surface area (Å²) in [5.74, 6) is -0.419. The Labute approximate surface area is 167 Å². The fourth-order valence-corrected chi connectivity index (χ4v) is 3.90. The number of allylic oxidation sites excluding steroid dienone is 2. The summed E-state index contributed by atoms with van der Waals surface area (Å²) in [5.41, 5.74) is 1.30. The van der Waals surface area contributed by atoms with Crippen molar-refractivity contribution in [2.45, 2.75) is 52.6 Å². The van der Waals surface area contributed by atoms with Crippen LogP contribution in [0.3, 0.4) is 0 Å². The SMILES string of the molecule is CC(C)=CCc1c(O)c(O)cc2c(=O)c3c(O)c4c(cc3oc12)O[C@H](C)C4(C)C. The molecular formula is C23H24O6. The van der Waals surface area contributed by atoms with Gasteiger partial charge in [0, 0.05) is 22.6 Å². The molecule has 0 saturated carbocycles. The molecule has 0 unspecified atom stereocenters. The Kier molecular flexibility index (Phi) is 4.08. The van der Waals surface area contributed by atoms with E-state index in [1.807, 2.05) is 40.7 Å². The summed E-state index contributed by atoms with van der Waals surface area (Å²) >= 11 is 0. The normalized spacial score (nSPS) is 17.3. The van der Waals surface area contributed by atoms with Gasteiger partial charge in [0.1, 0.15) is 34.2 Å². The molecule has 0 bridgehead atoms. The second kappa shape index (κ2) is 6.17. The molecule has 6 heteroatoms. The lowest BCUT2D eigenvalue weighted by Gasteiger charge is -2.22. The van der Waals surface area contributed by atoms with E-state index in [-0.39, 0.29) is 46.0 Å². The average Bonchev–Trinajstić information content (AvgIpc) is 2.85. The Morgan fingerprint density at radius 1 is 1.17 bits per heavy atom. The topological polar surface area (TPSA) is 100 Å². The third kappa shape index (κ3) is 2.66. The molecule has 0 aliphatic carbocycles. The number of rotatable bonds is 2. The maximum Gasteiger partial charge on any atom is 0.204 e. The Bertz CT molecular complexity index is 1260. The quantitative estimate of drug-likeness (QED) is 0.332. The molecule has 0 fully saturated rings. The molecule has 2 aromatic carbocycles. The molecule has 6 nitrogen and oxygen atoms in total. The first-order valence-electron chi connectivity index (χ1n) is 9.54. The summed E-state index contributed by atoms with van der Waals surface area (Å²) < 4.78 is 11.9. The maximum atomic E-state index is 13.3. The highest BCUT2D eigenvalue weighted by Crippen LogP contribution is 2.50. The van der Waals surface area contributed by atoms with Crippen molar-refractivity contribution in [2.75, 3.05) is 0 Å². The van der Waals surface area contributed by atoms with Crippen LogP contribution in [0.4, 0.5) is 0 Å². The first kappa shape index (κ1) is 19.2. The van der Waals surface area contributed by atoms with Crippen LogP contribution in [0.2, 0.25) is 0 Å². The highest BCUT2D eigenvalue weighted by molar-refractivity contribution is 5.97. The summed E-state index contributed by atoms with van der Waals surface area (Å²) in [6.45, 7) is 9.62. The van der Waals surface area contributed by atoms with Gasteiger partial charge in [-0.15, -0.1) is 0 Å². The third-order valence-electron chi connectivity index (χ3n) is 5.92. The number of fused-ring (bicyclic) bond motifs is 3. The minimum atomic E-state index is -0.485. The van der Waals surface area contributed by atoms with Crippen LogP contribution >= 0.6 is 0 Å². The van der Waals surface area contributed by atoms with Gasteiger partial charge in [-0.3, -0.25) is 4.79 Å². The maximum absolute atomic E-state index is 13.3. The van der Waals surface area contributed by atoms with E-state index in [9.17, 15) is 20.1 Å². The van der Waals surface area contributed by atoms with Crippen LogP contribution in [0.1, 0.15) is 45.7 Å². The number of hydrogen-bond acceptors (Lipinski definition) is 6. The highest BCUT2D eigenvalue weighted by atomic mass is 16.5. The first-order chi connectivity index (χ1) is 13.5. The second-order valence-corrected chi connectivity index (χ2v) is 8.47. The van der Waals surface area contributed by atoms with Crippen LogP contribution in [0, 0.1) is 0 Å². The van der Waals surface area contributed by atoms with Gasteiger partial charge >= 0.3 is 0 Å². The summed E-state index contributed by atoms with van der Waals surface area (Å²) in [6, 6.07) is 2.80. The predicted molar refractivity (Wildman–Crippen MR) is 111 cm³/mol. The smallest absolute Gasteiger partial charge is 0.204 e. The van der Waals surface area contributed by atoms with Crippen molar-refractivity contribution in [2.24, 2.45) is 0 Å². The van der Waals surface area contributed by atoms with Crippen LogP contribution in [-0.4, -0.2) is 21.4 Å². The van der Waals surface area contributed by atoms with Gasteiger partial charge in [-0.2, -0.15) is 0 Å². The number of phenolic OH excluding ortho intramolecular Hbond substituents is 3. The lowest BCUT2D eigenvalue weighted by atomic mass is 9.80. The zero-order valence-electron chi connectivity index (χ0n) is 17.1. The third-order valence-corrected chi connectivity index (χ3v) is 5.92. The van der Waals surface area contributed by atoms with Crippen molar-refractivity contribution in [3.63, 3.8) is 0 Å². The number of hydrogen-bond donors (Lipinski definition) is 3. The Morgan fingerprint density at radius 3 is 2.52 bits per heavy atom. The van der Waals surface area contributed by atoms with E-state index in [4.69, 9.17) is 9.15 Å². The van der Waals surface area contributed by atoms with Crippen LogP contribution in [0.25, 0.3) is 21.9 Å². The molecule has 0 saturated heterocycles. The van der Waals surface area contributed by atoms with Gasteiger partial charge < -0.3 is 24.5 Å². The lowest BCUT2D eigenvalue weighted by Crippen LogP contribution is -2.29. The van der Waals surface area contributed by atoms with Crippen molar-refractivity contribution in [1.82, 2.24) is 0 Å². The molecule has 0 radical (unpaired) electrons. The molecule has 3 N–H and O–H groups in total. The first-order valence-corrected chi connectivity index (χ1v) is 9.54. The largest absolute Gasteiger partial charge is 0.507 e. The molecule has 4 rings (SSSR count). The van der Waals surface area contributed by atoms with Gasteiger partial charge in [-0.1, -0.05) is 25.5 Å². The van der Waals surface area contributed by atoms with Crippen LogP contribution in [0.15, 0.2) is 33.0 Å². The predicted octanol–water partition coefficient (Wildman–Crippen LogP) is 4.63. The van der Waals surface area contributed by atoms with E-state index < -0.39 is 16.6 Å². The molecule has 1 aromatic heterocycles. The Morgan fingerprint density at radius 2 is 1.86 bits per heavy atom. The molecule has 152 valence electrons. The summed E-state index contributed by atoms with van der Waals surface area (Å²) in [6.07, 6.45) is 1.96. The number of aromatic hydroxyl groups is 3. The molecule has 1 aliphatic heterocycles. The second-order valence-electron chi connectivity index (χ2n) is 8.47. The van der Waals surface area contributed by atoms with E-state index in [2.05, 4.69) is 0 Å². The standard InChI is InChI=1S/C23H24O6/c1-10(2)6-7-12-19(25)14(24)8-13-20(26)17-15(29-22(12)13)9-16-18(21(17)27)23(4,5)11(3)28-16/h6,8-9,11,24-25,27H,7H2,1-5H3/t11-/m1/s1. The van der Waals surface area contributed by atoms with Crippen molar-refractivity contribution in [3.8, 4) is 23.0 Å². The molecule has 1 atom stereocenters. The fraction of sp³-hybridized carbons (Fsp3) is 0.348. The molecule has 29 heavy (non-hydrogen) atoms.